The molecular formula is C18H10ClF3N2O3. The molecular weight excluding hydrogens is 385 g/mol. The van der Waals surface area contributed by atoms with Gasteiger partial charge in [-0.3, -0.25) is 4.79 Å². The molecule has 1 aliphatic rings. The number of hydrogen-bond acceptors (Lipinski definition) is 4. The molecule has 138 valence electrons. The molecule has 1 amide bonds. The van der Waals surface area contributed by atoms with Gasteiger partial charge >= 0.3 is 6.18 Å². The van der Waals surface area contributed by atoms with E-state index < -0.39 is 23.7 Å². The van der Waals surface area contributed by atoms with E-state index in [1.54, 1.807) is 24.3 Å². The summed E-state index contributed by atoms with van der Waals surface area (Å²) in [7, 11) is 0. The molecule has 0 radical (unpaired) electrons. The number of benzene rings is 2. The summed E-state index contributed by atoms with van der Waals surface area (Å²) >= 11 is 6.23. The van der Waals surface area contributed by atoms with Crippen molar-refractivity contribution in [1.29, 1.82) is 0 Å². The van der Waals surface area contributed by atoms with Crippen molar-refractivity contribution in [2.75, 3.05) is 0 Å². The average molecular weight is 395 g/mol. The van der Waals surface area contributed by atoms with Crippen molar-refractivity contribution < 1.29 is 27.1 Å². The molecule has 9 heteroatoms. The van der Waals surface area contributed by atoms with Gasteiger partial charge in [-0.25, -0.2) is 4.98 Å². The Morgan fingerprint density at radius 1 is 1.15 bits per heavy atom. The second-order valence-corrected chi connectivity index (χ2v) is 6.25. The normalized spacial score (nSPS) is 15.6. The lowest BCUT2D eigenvalue weighted by atomic mass is 9.84. The van der Waals surface area contributed by atoms with Gasteiger partial charge in [0, 0.05) is 11.1 Å². The molecule has 1 aromatic heterocycles. The van der Waals surface area contributed by atoms with Crippen LogP contribution in [0.25, 0.3) is 11.5 Å². The predicted octanol–water partition coefficient (Wildman–Crippen LogP) is 4.74. The van der Waals surface area contributed by atoms with E-state index in [9.17, 15) is 18.0 Å². The molecule has 0 fully saturated rings. The Bertz CT molecular complexity index is 1060. The van der Waals surface area contributed by atoms with E-state index in [-0.39, 0.29) is 27.8 Å². The summed E-state index contributed by atoms with van der Waals surface area (Å²) in [5.74, 6) is -1.41. The highest BCUT2D eigenvalue weighted by atomic mass is 35.5. The number of ether oxygens (including phenoxy) is 1. The first-order valence-corrected chi connectivity index (χ1v) is 8.06. The highest BCUT2D eigenvalue weighted by Gasteiger charge is 2.38. The van der Waals surface area contributed by atoms with Crippen molar-refractivity contribution in [1.82, 2.24) is 4.98 Å². The van der Waals surface area contributed by atoms with Gasteiger partial charge in [-0.1, -0.05) is 29.8 Å². The molecule has 3 aromatic rings. The third-order valence-electron chi connectivity index (χ3n) is 4.19. The van der Waals surface area contributed by atoms with Crippen LogP contribution in [0.2, 0.25) is 5.02 Å². The number of carbonyl (C=O) groups is 1. The molecule has 5 nitrogen and oxygen atoms in total. The van der Waals surface area contributed by atoms with Crippen LogP contribution in [0.3, 0.4) is 0 Å². The average Bonchev–Trinajstić information content (AvgIpc) is 3.09. The van der Waals surface area contributed by atoms with E-state index in [2.05, 4.69) is 4.98 Å². The van der Waals surface area contributed by atoms with Crippen LogP contribution >= 0.6 is 11.6 Å². The van der Waals surface area contributed by atoms with Crippen LogP contribution in [0.1, 0.15) is 22.7 Å². The number of halogens is 4. The van der Waals surface area contributed by atoms with E-state index in [0.29, 0.717) is 17.6 Å². The Morgan fingerprint density at radius 2 is 1.89 bits per heavy atom. The molecule has 2 heterocycles. The molecule has 2 N–H and O–H groups in total. The maximum absolute atomic E-state index is 12.9. The Hall–Kier alpha value is -3.00. The fourth-order valence-corrected chi connectivity index (χ4v) is 3.31. The third-order valence-corrected chi connectivity index (χ3v) is 4.50. The number of aromatic nitrogens is 1. The molecule has 0 saturated carbocycles. The fourth-order valence-electron chi connectivity index (χ4n) is 3.07. The third kappa shape index (κ3) is 2.82. The van der Waals surface area contributed by atoms with Gasteiger partial charge in [0.25, 0.3) is 0 Å². The van der Waals surface area contributed by atoms with Gasteiger partial charge in [0.05, 0.1) is 16.5 Å². The SMILES string of the molecule is NC(=O)C1c2ccccc2Oc2ccc(Cl)c(-c3nc(C(F)(F)F)co3)c21. The molecule has 0 saturated heterocycles. The zero-order valence-electron chi connectivity index (χ0n) is 13.4. The van der Waals surface area contributed by atoms with E-state index in [0.717, 1.165) is 0 Å². The van der Waals surface area contributed by atoms with Gasteiger partial charge in [0.15, 0.2) is 5.69 Å². The first-order chi connectivity index (χ1) is 12.8. The van der Waals surface area contributed by atoms with Crippen LogP contribution in [0, 0.1) is 0 Å². The highest BCUT2D eigenvalue weighted by Crippen LogP contribution is 2.50. The zero-order valence-corrected chi connectivity index (χ0v) is 14.1. The van der Waals surface area contributed by atoms with Crippen molar-refractivity contribution >= 4 is 17.5 Å². The number of hydrogen-bond donors (Lipinski definition) is 1. The largest absolute Gasteiger partial charge is 0.457 e. The van der Waals surface area contributed by atoms with Gasteiger partial charge in [0.2, 0.25) is 11.8 Å². The van der Waals surface area contributed by atoms with Crippen LogP contribution in [0.4, 0.5) is 13.2 Å². The number of alkyl halides is 3. The van der Waals surface area contributed by atoms with Crippen molar-refractivity contribution in [3.8, 4) is 23.0 Å². The minimum Gasteiger partial charge on any atom is -0.457 e. The number of para-hydroxylation sites is 1. The van der Waals surface area contributed by atoms with Crippen LogP contribution < -0.4 is 10.5 Å². The molecule has 2 aromatic carbocycles. The van der Waals surface area contributed by atoms with Gasteiger partial charge in [-0.05, 0) is 18.2 Å². The Labute approximate surface area is 155 Å². The van der Waals surface area contributed by atoms with Gasteiger partial charge in [-0.15, -0.1) is 0 Å². The molecule has 0 aliphatic carbocycles. The maximum atomic E-state index is 12.9. The molecule has 1 atom stereocenters. The van der Waals surface area contributed by atoms with E-state index in [4.69, 9.17) is 26.5 Å². The van der Waals surface area contributed by atoms with Gasteiger partial charge < -0.3 is 14.9 Å². The van der Waals surface area contributed by atoms with E-state index in [1.165, 1.54) is 12.1 Å². The van der Waals surface area contributed by atoms with Crippen LogP contribution in [-0.2, 0) is 11.0 Å². The summed E-state index contributed by atoms with van der Waals surface area (Å²) in [6.45, 7) is 0. The maximum Gasteiger partial charge on any atom is 0.436 e. The van der Waals surface area contributed by atoms with Crippen molar-refractivity contribution in [2.24, 2.45) is 5.73 Å². The monoisotopic (exact) mass is 394 g/mol. The lowest BCUT2D eigenvalue weighted by molar-refractivity contribution is -0.141. The fraction of sp³-hybridized carbons (Fsp3) is 0.111. The zero-order chi connectivity index (χ0) is 19.3. The Balaban J connectivity index is 1.97. The van der Waals surface area contributed by atoms with Crippen LogP contribution in [0.5, 0.6) is 11.5 Å². The van der Waals surface area contributed by atoms with Gasteiger partial charge in [-0.2, -0.15) is 13.2 Å². The Kier molecular flexibility index (Phi) is 3.88. The molecule has 1 aliphatic heterocycles. The summed E-state index contributed by atoms with van der Waals surface area (Å²) in [5, 5.41) is 0.0542. The minimum absolute atomic E-state index is 0.0305. The number of oxazole rings is 1. The van der Waals surface area contributed by atoms with E-state index >= 15 is 0 Å². The summed E-state index contributed by atoms with van der Waals surface area (Å²) < 4.78 is 49.5. The van der Waals surface area contributed by atoms with Crippen molar-refractivity contribution in [3.05, 3.63) is 64.5 Å². The number of rotatable bonds is 2. The molecule has 0 spiro atoms. The summed E-state index contributed by atoms with van der Waals surface area (Å²) in [4.78, 5) is 15.7. The first-order valence-electron chi connectivity index (χ1n) is 7.69. The molecule has 0 bridgehead atoms. The Morgan fingerprint density at radius 3 is 2.56 bits per heavy atom. The molecule has 27 heavy (non-hydrogen) atoms. The number of nitrogens with two attached hydrogens (primary N) is 1. The summed E-state index contributed by atoms with van der Waals surface area (Å²) in [5.41, 5.74) is 5.11. The topological polar surface area (TPSA) is 78.4 Å². The van der Waals surface area contributed by atoms with Crippen molar-refractivity contribution in [3.63, 3.8) is 0 Å². The van der Waals surface area contributed by atoms with Crippen LogP contribution in [0.15, 0.2) is 47.1 Å². The lowest BCUT2D eigenvalue weighted by Gasteiger charge is -2.28. The standard InChI is InChI=1S/C18H10ClF3N2O3/c19-9-5-6-11-15(14(9)17-24-12(7-26-17)18(20,21)22)13(16(23)25)8-3-1-2-4-10(8)27-11/h1-7,13H,(H2,23,25). The number of nitrogens with zero attached hydrogens (tertiary/aromatic N) is 1. The summed E-state index contributed by atoms with van der Waals surface area (Å²) in [6.07, 6.45) is -4.20. The number of fused-ring (bicyclic) bond motifs is 2. The highest BCUT2D eigenvalue weighted by molar-refractivity contribution is 6.33. The molecule has 1 unspecified atom stereocenters. The van der Waals surface area contributed by atoms with Crippen LogP contribution in [-0.4, -0.2) is 10.9 Å². The smallest absolute Gasteiger partial charge is 0.436 e. The van der Waals surface area contributed by atoms with E-state index in [1.807, 2.05) is 0 Å². The lowest BCUT2D eigenvalue weighted by Crippen LogP contribution is -2.26. The first kappa shape index (κ1) is 17.4. The number of primary amides is 1. The van der Waals surface area contributed by atoms with Crippen molar-refractivity contribution in [2.45, 2.75) is 12.1 Å². The minimum atomic E-state index is -4.69. The second kappa shape index (κ2) is 6.02. The van der Waals surface area contributed by atoms with Gasteiger partial charge in [0.1, 0.15) is 17.8 Å². The predicted molar refractivity (Wildman–Crippen MR) is 89.5 cm³/mol. The summed E-state index contributed by atoms with van der Waals surface area (Å²) in [6, 6.07) is 9.67. The molecule has 4 rings (SSSR count). The second-order valence-electron chi connectivity index (χ2n) is 5.85. The number of carbonyl (C=O) groups excluding carboxylic acids is 1. The quantitative estimate of drug-likeness (QED) is 0.681. The number of amides is 1.